The molecule has 1 aliphatic heterocycles. The molecule has 0 saturated carbocycles. The zero-order chi connectivity index (χ0) is 15.2. The van der Waals surface area contributed by atoms with E-state index in [1.807, 2.05) is 4.90 Å². The lowest BCUT2D eigenvalue weighted by Crippen LogP contribution is -2.47. The molecular weight excluding hydrogens is 252 g/mol. The van der Waals surface area contributed by atoms with Crippen molar-refractivity contribution >= 4 is 6.03 Å². The minimum Gasteiger partial charge on any atom is -0.393 e. The molecule has 1 heterocycles. The summed E-state index contributed by atoms with van der Waals surface area (Å²) in [6.07, 6.45) is 5.16. The molecule has 1 saturated heterocycles. The second-order valence-electron chi connectivity index (χ2n) is 7.12. The van der Waals surface area contributed by atoms with Crippen LogP contribution in [0.15, 0.2) is 0 Å². The summed E-state index contributed by atoms with van der Waals surface area (Å²) < 4.78 is 0. The molecular formula is C16H32N2O2. The van der Waals surface area contributed by atoms with E-state index in [0.717, 1.165) is 19.5 Å². The van der Waals surface area contributed by atoms with Crippen LogP contribution >= 0.6 is 0 Å². The number of rotatable bonds is 6. The third kappa shape index (κ3) is 6.12. The number of nitrogens with one attached hydrogen (secondary N) is 1. The minimum atomic E-state index is -0.328. The number of amides is 2. The van der Waals surface area contributed by atoms with E-state index >= 15 is 0 Å². The van der Waals surface area contributed by atoms with Gasteiger partial charge in [-0.1, -0.05) is 27.2 Å². The topological polar surface area (TPSA) is 52.6 Å². The number of likely N-dealkylation sites (tertiary alicyclic amines) is 1. The van der Waals surface area contributed by atoms with E-state index in [2.05, 4.69) is 26.1 Å². The van der Waals surface area contributed by atoms with Crippen molar-refractivity contribution in [1.82, 2.24) is 10.2 Å². The summed E-state index contributed by atoms with van der Waals surface area (Å²) in [6, 6.07) is 0.0597. The number of urea groups is 1. The Hall–Kier alpha value is -0.770. The predicted molar refractivity (Wildman–Crippen MR) is 82.7 cm³/mol. The fourth-order valence-electron chi connectivity index (χ4n) is 3.19. The number of aliphatic hydroxyl groups is 1. The van der Waals surface area contributed by atoms with Crippen LogP contribution in [0.1, 0.15) is 59.8 Å². The minimum absolute atomic E-state index is 0.0597. The van der Waals surface area contributed by atoms with Crippen LogP contribution < -0.4 is 5.32 Å². The molecule has 2 atom stereocenters. The number of piperidine rings is 1. The molecule has 4 heteroatoms. The molecule has 4 nitrogen and oxygen atoms in total. The van der Waals surface area contributed by atoms with E-state index in [-0.39, 0.29) is 17.6 Å². The molecule has 0 aromatic heterocycles. The maximum absolute atomic E-state index is 12.2. The monoisotopic (exact) mass is 284 g/mol. The van der Waals surface area contributed by atoms with E-state index in [1.165, 1.54) is 19.3 Å². The molecule has 0 spiro atoms. The highest BCUT2D eigenvalue weighted by molar-refractivity contribution is 5.74. The summed E-state index contributed by atoms with van der Waals surface area (Å²) in [7, 11) is 0. The molecule has 0 bridgehead atoms. The third-order valence-corrected chi connectivity index (χ3v) is 4.07. The van der Waals surface area contributed by atoms with Crippen molar-refractivity contribution in [2.45, 2.75) is 65.9 Å². The van der Waals surface area contributed by atoms with Crippen molar-refractivity contribution in [1.29, 1.82) is 0 Å². The normalized spacial score (nSPS) is 21.6. The fourth-order valence-corrected chi connectivity index (χ4v) is 3.19. The molecule has 1 fully saturated rings. The summed E-state index contributed by atoms with van der Waals surface area (Å²) in [5.74, 6) is 0.671. The number of carbonyl (C=O) groups excluding carboxylic acids is 1. The predicted octanol–water partition coefficient (Wildman–Crippen LogP) is 3.01. The molecule has 20 heavy (non-hydrogen) atoms. The fraction of sp³-hybridized carbons (Fsp3) is 0.938. The van der Waals surface area contributed by atoms with Crippen molar-refractivity contribution < 1.29 is 9.90 Å². The Kier molecular flexibility index (Phi) is 6.80. The van der Waals surface area contributed by atoms with Gasteiger partial charge in [-0.2, -0.15) is 0 Å². The number of hydrogen-bond donors (Lipinski definition) is 2. The van der Waals surface area contributed by atoms with Gasteiger partial charge < -0.3 is 15.3 Å². The second kappa shape index (κ2) is 7.87. The lowest BCUT2D eigenvalue weighted by molar-refractivity contribution is 0.123. The maximum atomic E-state index is 12.2. The molecule has 2 unspecified atom stereocenters. The van der Waals surface area contributed by atoms with Crippen molar-refractivity contribution in [3.8, 4) is 0 Å². The molecule has 1 aliphatic rings. The number of hydrogen-bond acceptors (Lipinski definition) is 2. The van der Waals surface area contributed by atoms with Crippen LogP contribution in [0.4, 0.5) is 4.79 Å². The first kappa shape index (κ1) is 17.3. The van der Waals surface area contributed by atoms with Gasteiger partial charge in [0.15, 0.2) is 0 Å². The standard InChI is InChI=1S/C16H32N2O2/c1-5-7-14-8-6-9-18(11-14)15(20)17-12-16(3,4)10-13(2)19/h13-14,19H,5-12H2,1-4H3,(H,17,20). The van der Waals surface area contributed by atoms with Crippen molar-refractivity contribution in [3.05, 3.63) is 0 Å². The van der Waals surface area contributed by atoms with Gasteiger partial charge in [0, 0.05) is 19.6 Å². The summed E-state index contributed by atoms with van der Waals surface area (Å²) in [5.41, 5.74) is -0.0670. The summed E-state index contributed by atoms with van der Waals surface area (Å²) in [6.45, 7) is 10.6. The first-order valence-corrected chi connectivity index (χ1v) is 8.05. The van der Waals surface area contributed by atoms with Crippen molar-refractivity contribution in [3.63, 3.8) is 0 Å². The number of aliphatic hydroxyl groups excluding tert-OH is 1. The zero-order valence-corrected chi connectivity index (χ0v) is 13.6. The van der Waals surface area contributed by atoms with Crippen LogP contribution in [-0.2, 0) is 0 Å². The largest absolute Gasteiger partial charge is 0.393 e. The average molecular weight is 284 g/mol. The summed E-state index contributed by atoms with van der Waals surface area (Å²) in [4.78, 5) is 14.2. The highest BCUT2D eigenvalue weighted by Gasteiger charge is 2.25. The lowest BCUT2D eigenvalue weighted by atomic mass is 9.87. The SMILES string of the molecule is CCCC1CCCN(C(=O)NCC(C)(C)CC(C)O)C1. The Morgan fingerprint density at radius 1 is 1.50 bits per heavy atom. The van der Waals surface area contributed by atoms with Crippen LogP contribution in [0, 0.1) is 11.3 Å². The quantitative estimate of drug-likeness (QED) is 0.788. The molecule has 2 amide bonds. The Bertz CT molecular complexity index is 301. The summed E-state index contributed by atoms with van der Waals surface area (Å²) in [5, 5.41) is 12.5. The first-order valence-electron chi connectivity index (χ1n) is 8.05. The highest BCUT2D eigenvalue weighted by atomic mass is 16.3. The van der Waals surface area contributed by atoms with Crippen LogP contribution in [0.3, 0.4) is 0 Å². The van der Waals surface area contributed by atoms with Gasteiger partial charge in [0.1, 0.15) is 0 Å². The van der Waals surface area contributed by atoms with Gasteiger partial charge in [-0.3, -0.25) is 0 Å². The maximum Gasteiger partial charge on any atom is 0.317 e. The van der Waals surface area contributed by atoms with Crippen molar-refractivity contribution in [2.24, 2.45) is 11.3 Å². The van der Waals surface area contributed by atoms with Crippen LogP contribution in [0.25, 0.3) is 0 Å². The molecule has 0 radical (unpaired) electrons. The van der Waals surface area contributed by atoms with Gasteiger partial charge in [-0.15, -0.1) is 0 Å². The Morgan fingerprint density at radius 3 is 2.80 bits per heavy atom. The Labute approximate surface area is 123 Å². The lowest BCUT2D eigenvalue weighted by Gasteiger charge is -2.34. The molecule has 0 aromatic rings. The van der Waals surface area contributed by atoms with Gasteiger partial charge in [0.25, 0.3) is 0 Å². The van der Waals surface area contributed by atoms with Gasteiger partial charge >= 0.3 is 6.03 Å². The molecule has 118 valence electrons. The van der Waals surface area contributed by atoms with Crippen LogP contribution in [-0.4, -0.2) is 41.8 Å². The van der Waals surface area contributed by atoms with Crippen LogP contribution in [0.5, 0.6) is 0 Å². The highest BCUT2D eigenvalue weighted by Crippen LogP contribution is 2.23. The van der Waals surface area contributed by atoms with Gasteiger partial charge in [0.05, 0.1) is 6.10 Å². The summed E-state index contributed by atoms with van der Waals surface area (Å²) >= 11 is 0. The van der Waals surface area contributed by atoms with Crippen LogP contribution in [0.2, 0.25) is 0 Å². The van der Waals surface area contributed by atoms with Crippen molar-refractivity contribution in [2.75, 3.05) is 19.6 Å². The van der Waals surface area contributed by atoms with Gasteiger partial charge in [-0.25, -0.2) is 4.79 Å². The smallest absolute Gasteiger partial charge is 0.317 e. The Balaban J connectivity index is 2.38. The van der Waals surface area contributed by atoms with E-state index in [9.17, 15) is 9.90 Å². The second-order valence-corrected chi connectivity index (χ2v) is 7.12. The van der Waals surface area contributed by atoms with E-state index in [1.54, 1.807) is 6.92 Å². The third-order valence-electron chi connectivity index (χ3n) is 4.07. The molecule has 2 N–H and O–H groups in total. The van der Waals surface area contributed by atoms with E-state index < -0.39 is 0 Å². The first-order chi connectivity index (χ1) is 9.34. The van der Waals surface area contributed by atoms with Gasteiger partial charge in [-0.05, 0) is 43.9 Å². The van der Waals surface area contributed by atoms with Gasteiger partial charge in [0.2, 0.25) is 0 Å². The van der Waals surface area contributed by atoms with E-state index in [4.69, 9.17) is 0 Å². The Morgan fingerprint density at radius 2 is 2.20 bits per heavy atom. The molecule has 1 rings (SSSR count). The molecule has 0 aromatic carbocycles. The zero-order valence-electron chi connectivity index (χ0n) is 13.6. The number of carbonyl (C=O) groups is 1. The number of nitrogens with zero attached hydrogens (tertiary/aromatic N) is 1. The van der Waals surface area contributed by atoms with E-state index in [0.29, 0.717) is 18.9 Å². The average Bonchev–Trinajstić information content (AvgIpc) is 2.35. The molecule has 0 aliphatic carbocycles.